The van der Waals surface area contributed by atoms with Crippen LogP contribution in [0, 0.1) is 11.8 Å². The molecule has 7 rings (SSSR count). The number of methoxy groups -OCH3 is 2. The van der Waals surface area contributed by atoms with Gasteiger partial charge < -0.3 is 44.4 Å². The summed E-state index contributed by atoms with van der Waals surface area (Å²) in [6.07, 6.45) is 5.54. The smallest absolute Gasteiger partial charge is 0.407 e. The average molecular weight is 793 g/mol. The van der Waals surface area contributed by atoms with Crippen LogP contribution in [0.1, 0.15) is 77.1 Å². The number of benzene rings is 2. The van der Waals surface area contributed by atoms with Gasteiger partial charge in [0, 0.05) is 31.3 Å². The van der Waals surface area contributed by atoms with Crippen LogP contribution in [-0.2, 0) is 26.1 Å². The summed E-state index contributed by atoms with van der Waals surface area (Å²) < 4.78 is 11.6. The van der Waals surface area contributed by atoms with Crippen molar-refractivity contribution in [2.24, 2.45) is 18.9 Å². The molecular weight excluding hydrogens is 741 g/mol. The van der Waals surface area contributed by atoms with Gasteiger partial charge in [0.15, 0.2) is 0 Å². The molecule has 5 heterocycles. The lowest BCUT2D eigenvalue weighted by Gasteiger charge is -2.30. The molecule has 0 unspecified atom stereocenters. The Morgan fingerprint density at radius 2 is 1.17 bits per heavy atom. The number of likely N-dealkylation sites (tertiary alicyclic amines) is 2. The van der Waals surface area contributed by atoms with E-state index in [0.717, 1.165) is 70.6 Å². The number of carbonyl (C=O) groups excluding carboxylic acids is 4. The number of hydrogen-bond donors (Lipinski definition) is 4. The Morgan fingerprint density at radius 1 is 0.707 bits per heavy atom. The van der Waals surface area contributed by atoms with Crippen molar-refractivity contribution in [1.82, 2.24) is 49.9 Å². The van der Waals surface area contributed by atoms with Crippen LogP contribution in [0.15, 0.2) is 54.9 Å². The number of H-pyrrole nitrogens is 2. The molecule has 5 aromatic rings. The maximum Gasteiger partial charge on any atom is 0.407 e. The van der Waals surface area contributed by atoms with Crippen LogP contribution in [0.4, 0.5) is 9.59 Å². The Labute approximate surface area is 337 Å². The van der Waals surface area contributed by atoms with Crippen molar-refractivity contribution in [2.75, 3.05) is 27.3 Å². The maximum absolute atomic E-state index is 13.6. The van der Waals surface area contributed by atoms with Gasteiger partial charge in [0.25, 0.3) is 0 Å². The van der Waals surface area contributed by atoms with Gasteiger partial charge in [-0.25, -0.2) is 24.5 Å². The third kappa shape index (κ3) is 7.87. The van der Waals surface area contributed by atoms with Crippen LogP contribution in [0.5, 0.6) is 0 Å². The molecule has 2 aromatic carbocycles. The summed E-state index contributed by atoms with van der Waals surface area (Å²) in [7, 11) is 4.57. The predicted molar refractivity (Wildman–Crippen MR) is 217 cm³/mol. The number of rotatable bonds is 11. The lowest BCUT2D eigenvalue weighted by Crippen LogP contribution is -2.51. The summed E-state index contributed by atoms with van der Waals surface area (Å²) in [6, 6.07) is 12.4. The van der Waals surface area contributed by atoms with Crippen molar-refractivity contribution in [2.45, 2.75) is 77.5 Å². The van der Waals surface area contributed by atoms with E-state index in [9.17, 15) is 19.2 Å². The normalized spacial score (nSPS) is 17.9. The molecule has 2 saturated heterocycles. The molecule has 4 atom stereocenters. The highest BCUT2D eigenvalue weighted by Gasteiger charge is 2.39. The van der Waals surface area contributed by atoms with E-state index in [4.69, 9.17) is 19.4 Å². The summed E-state index contributed by atoms with van der Waals surface area (Å²) in [4.78, 5) is 76.1. The van der Waals surface area contributed by atoms with E-state index in [1.807, 2.05) is 77.2 Å². The first-order chi connectivity index (χ1) is 27.9. The number of aromatic nitrogens is 6. The van der Waals surface area contributed by atoms with Gasteiger partial charge >= 0.3 is 12.2 Å². The van der Waals surface area contributed by atoms with E-state index in [0.29, 0.717) is 24.7 Å². The van der Waals surface area contributed by atoms with Crippen LogP contribution in [0.2, 0.25) is 0 Å². The van der Waals surface area contributed by atoms with Crippen molar-refractivity contribution in [3.63, 3.8) is 0 Å². The highest BCUT2D eigenvalue weighted by Crippen LogP contribution is 2.35. The Balaban J connectivity index is 1.06. The minimum atomic E-state index is -0.702. The van der Waals surface area contributed by atoms with Gasteiger partial charge in [-0.1, -0.05) is 58.0 Å². The Morgan fingerprint density at radius 3 is 1.66 bits per heavy atom. The Hall–Kier alpha value is -6.19. The van der Waals surface area contributed by atoms with Crippen LogP contribution in [-0.4, -0.2) is 103 Å². The Kier molecular flexibility index (Phi) is 11.5. The van der Waals surface area contributed by atoms with E-state index < -0.39 is 24.3 Å². The van der Waals surface area contributed by atoms with Gasteiger partial charge in [-0.05, 0) is 55.2 Å². The van der Waals surface area contributed by atoms with Crippen molar-refractivity contribution < 1.29 is 28.7 Å². The number of nitrogens with one attached hydrogen (secondary N) is 4. The molecule has 2 aliphatic heterocycles. The zero-order valence-electron chi connectivity index (χ0n) is 34.0. The summed E-state index contributed by atoms with van der Waals surface area (Å²) in [5, 5.41) is 5.39. The molecule has 16 nitrogen and oxygen atoms in total. The summed E-state index contributed by atoms with van der Waals surface area (Å²) in [5.41, 5.74) is 6.29. The van der Waals surface area contributed by atoms with Gasteiger partial charge in [0.05, 0.1) is 61.1 Å². The van der Waals surface area contributed by atoms with Gasteiger partial charge in [0.1, 0.15) is 29.6 Å². The van der Waals surface area contributed by atoms with Crippen molar-refractivity contribution in [3.05, 3.63) is 66.5 Å². The second-order valence-electron chi connectivity index (χ2n) is 15.7. The van der Waals surface area contributed by atoms with Gasteiger partial charge in [-0.3, -0.25) is 9.59 Å². The fraction of sp³-hybridized carbons (Fsp3) is 0.452. The van der Waals surface area contributed by atoms with Crippen molar-refractivity contribution in [3.8, 4) is 33.9 Å². The third-order valence-corrected chi connectivity index (χ3v) is 11.3. The quantitative estimate of drug-likeness (QED) is 0.122. The fourth-order valence-corrected chi connectivity index (χ4v) is 8.12. The first-order valence-electron chi connectivity index (χ1n) is 19.9. The van der Waals surface area contributed by atoms with Crippen LogP contribution >= 0.6 is 0 Å². The number of fused-ring (bicyclic) bond motifs is 1. The number of amides is 4. The summed E-state index contributed by atoms with van der Waals surface area (Å²) in [5.74, 6) is 1.70. The first kappa shape index (κ1) is 40.0. The predicted octanol–water partition coefficient (Wildman–Crippen LogP) is 6.11. The van der Waals surface area contributed by atoms with Crippen molar-refractivity contribution >= 4 is 35.0 Å². The zero-order chi connectivity index (χ0) is 41.2. The van der Waals surface area contributed by atoms with Crippen LogP contribution in [0.25, 0.3) is 44.9 Å². The van der Waals surface area contributed by atoms with E-state index in [1.54, 1.807) is 22.2 Å². The lowest BCUT2D eigenvalue weighted by atomic mass is 10.0. The van der Waals surface area contributed by atoms with Gasteiger partial charge in [-0.2, -0.15) is 0 Å². The number of alkyl carbamates (subject to hydrolysis) is 2. The molecule has 58 heavy (non-hydrogen) atoms. The molecule has 3 aromatic heterocycles. The molecule has 2 fully saturated rings. The number of aromatic amines is 2. The molecule has 2 aliphatic rings. The van der Waals surface area contributed by atoms with Gasteiger partial charge in [0.2, 0.25) is 11.8 Å². The second kappa shape index (κ2) is 16.7. The van der Waals surface area contributed by atoms with Crippen molar-refractivity contribution in [1.29, 1.82) is 0 Å². The number of hydrogen-bond acceptors (Lipinski definition) is 9. The molecule has 0 bridgehead atoms. The summed E-state index contributed by atoms with van der Waals surface area (Å²) in [6.45, 7) is 8.76. The Bertz CT molecular complexity index is 2290. The third-order valence-electron chi connectivity index (χ3n) is 11.3. The molecule has 0 saturated carbocycles. The minimum absolute atomic E-state index is 0.113. The van der Waals surface area contributed by atoms with E-state index in [1.165, 1.54) is 14.2 Å². The van der Waals surface area contributed by atoms with Crippen LogP contribution < -0.4 is 10.6 Å². The molecule has 0 spiro atoms. The zero-order valence-corrected chi connectivity index (χ0v) is 34.0. The second-order valence-corrected chi connectivity index (χ2v) is 15.7. The lowest BCUT2D eigenvalue weighted by molar-refractivity contribution is -0.136. The maximum atomic E-state index is 13.6. The molecule has 16 heteroatoms. The topological polar surface area (TPSA) is 192 Å². The minimum Gasteiger partial charge on any atom is -0.453 e. The SMILES string of the molecule is COC(=O)N[C@H](C(=O)N1CCC[C@H]1c1ncc(-c2ccc(-c3nc4cc(-c5cnc([C@@H]6CCCN6C(=O)[C@@H](NC(=O)OC)C(C)C)[nH]5)ccc4n3C)cc2)[nH]1)C(C)C. The van der Waals surface area contributed by atoms with Crippen LogP contribution in [0.3, 0.4) is 0 Å². The van der Waals surface area contributed by atoms with E-state index in [2.05, 4.69) is 30.2 Å². The highest BCUT2D eigenvalue weighted by molar-refractivity contribution is 5.88. The summed E-state index contributed by atoms with van der Waals surface area (Å²) >= 11 is 0. The fourth-order valence-electron chi connectivity index (χ4n) is 8.12. The van der Waals surface area contributed by atoms with E-state index in [-0.39, 0.29) is 35.7 Å². The van der Waals surface area contributed by atoms with E-state index >= 15 is 0 Å². The molecule has 306 valence electrons. The molecule has 0 radical (unpaired) electrons. The monoisotopic (exact) mass is 792 g/mol. The molecule has 0 aliphatic carbocycles. The number of ether oxygens (including phenoxy) is 2. The molecular formula is C42H52N10O6. The molecule has 4 amide bonds. The average Bonchev–Trinajstić information content (AvgIpc) is 4.08. The largest absolute Gasteiger partial charge is 0.453 e. The number of aryl methyl sites for hydroxylation is 1. The number of imidazole rings is 3. The first-order valence-corrected chi connectivity index (χ1v) is 19.9. The standard InChI is InChI=1S/C42H52N10O6/c1-23(2)34(48-41(55)57-6)39(53)51-18-8-10-32(51)36-43-21-29(45-36)25-12-14-26(15-13-25)38-47-28-20-27(16-17-31(28)50(38)5)30-22-44-37(46-30)33-11-9-19-52(33)40(54)35(24(3)4)49-42(56)58-7/h12-17,20-24,32-35H,8-11,18-19H2,1-7H3,(H,43,45)(H,44,46)(H,48,55)(H,49,56)/t32-,33-,34-,35-/m0/s1. The number of nitrogens with zero attached hydrogens (tertiary/aromatic N) is 6. The number of carbonyl (C=O) groups is 4. The highest BCUT2D eigenvalue weighted by atomic mass is 16.5. The molecule has 4 N–H and O–H groups in total. The van der Waals surface area contributed by atoms with Gasteiger partial charge in [-0.15, -0.1) is 0 Å².